The van der Waals surface area contributed by atoms with E-state index in [4.69, 9.17) is 0 Å². The van der Waals surface area contributed by atoms with Gasteiger partial charge in [0.1, 0.15) is 5.82 Å². The van der Waals surface area contributed by atoms with Crippen LogP contribution in [0.4, 0.5) is 4.39 Å². The minimum Gasteiger partial charge on any atom is -0.395 e. The SMILES string of the molecule is OCCN(Cc1ccccc1)Cc1ccc(F)c(Br)c1. The molecule has 0 aliphatic carbocycles. The second-order valence-electron chi connectivity index (χ2n) is 4.67. The summed E-state index contributed by atoms with van der Waals surface area (Å²) in [5.41, 5.74) is 2.21. The van der Waals surface area contributed by atoms with E-state index < -0.39 is 0 Å². The van der Waals surface area contributed by atoms with Gasteiger partial charge in [0.2, 0.25) is 0 Å². The molecule has 0 atom stereocenters. The molecule has 0 aliphatic rings. The molecular weight excluding hydrogens is 321 g/mol. The van der Waals surface area contributed by atoms with Crippen LogP contribution in [0.15, 0.2) is 53.0 Å². The monoisotopic (exact) mass is 337 g/mol. The Labute approximate surface area is 127 Å². The van der Waals surface area contributed by atoms with E-state index in [0.29, 0.717) is 17.6 Å². The summed E-state index contributed by atoms with van der Waals surface area (Å²) in [5.74, 6) is -0.259. The van der Waals surface area contributed by atoms with Crippen molar-refractivity contribution in [1.82, 2.24) is 4.90 Å². The average Bonchev–Trinajstić information content (AvgIpc) is 2.44. The molecule has 0 saturated heterocycles. The number of halogens is 2. The van der Waals surface area contributed by atoms with E-state index in [9.17, 15) is 9.50 Å². The van der Waals surface area contributed by atoms with Crippen molar-refractivity contribution >= 4 is 15.9 Å². The Balaban J connectivity index is 2.06. The summed E-state index contributed by atoms with van der Waals surface area (Å²) in [6, 6.07) is 15.1. The van der Waals surface area contributed by atoms with Gasteiger partial charge in [0, 0.05) is 19.6 Å². The zero-order valence-electron chi connectivity index (χ0n) is 11.1. The highest BCUT2D eigenvalue weighted by atomic mass is 79.9. The minimum atomic E-state index is -0.259. The van der Waals surface area contributed by atoms with Crippen molar-refractivity contribution in [2.24, 2.45) is 0 Å². The molecule has 2 nitrogen and oxygen atoms in total. The Kier molecular flexibility index (Phi) is 5.71. The van der Waals surface area contributed by atoms with E-state index in [1.165, 1.54) is 11.6 Å². The molecule has 0 unspecified atom stereocenters. The van der Waals surface area contributed by atoms with Gasteiger partial charge in [-0.15, -0.1) is 0 Å². The molecule has 106 valence electrons. The lowest BCUT2D eigenvalue weighted by Crippen LogP contribution is -2.26. The lowest BCUT2D eigenvalue weighted by atomic mass is 10.1. The molecule has 20 heavy (non-hydrogen) atoms. The predicted octanol–water partition coefficient (Wildman–Crippen LogP) is 3.58. The molecule has 4 heteroatoms. The van der Waals surface area contributed by atoms with Crippen LogP contribution in [-0.4, -0.2) is 23.2 Å². The first kappa shape index (κ1) is 15.2. The van der Waals surface area contributed by atoms with Crippen LogP contribution >= 0.6 is 15.9 Å². The largest absolute Gasteiger partial charge is 0.395 e. The molecule has 0 amide bonds. The van der Waals surface area contributed by atoms with Crippen molar-refractivity contribution in [3.8, 4) is 0 Å². The highest BCUT2D eigenvalue weighted by Crippen LogP contribution is 2.18. The summed E-state index contributed by atoms with van der Waals surface area (Å²) >= 11 is 3.20. The van der Waals surface area contributed by atoms with E-state index in [-0.39, 0.29) is 12.4 Å². The minimum absolute atomic E-state index is 0.106. The van der Waals surface area contributed by atoms with E-state index in [1.54, 1.807) is 12.1 Å². The number of hydrogen-bond donors (Lipinski definition) is 1. The molecule has 0 heterocycles. The summed E-state index contributed by atoms with van der Waals surface area (Å²) in [6.45, 7) is 2.13. The van der Waals surface area contributed by atoms with E-state index in [1.807, 2.05) is 18.2 Å². The molecule has 2 rings (SSSR count). The Morgan fingerprint density at radius 1 is 1.00 bits per heavy atom. The van der Waals surface area contributed by atoms with Crippen molar-refractivity contribution < 1.29 is 9.50 Å². The third-order valence-corrected chi connectivity index (χ3v) is 3.66. The lowest BCUT2D eigenvalue weighted by Gasteiger charge is -2.21. The van der Waals surface area contributed by atoms with E-state index >= 15 is 0 Å². The second kappa shape index (κ2) is 7.53. The van der Waals surface area contributed by atoms with Crippen molar-refractivity contribution in [1.29, 1.82) is 0 Å². The summed E-state index contributed by atoms with van der Waals surface area (Å²) in [4.78, 5) is 2.13. The smallest absolute Gasteiger partial charge is 0.137 e. The zero-order chi connectivity index (χ0) is 14.4. The van der Waals surface area contributed by atoms with E-state index in [0.717, 1.165) is 12.1 Å². The van der Waals surface area contributed by atoms with Crippen LogP contribution in [0.3, 0.4) is 0 Å². The van der Waals surface area contributed by atoms with Gasteiger partial charge in [0.15, 0.2) is 0 Å². The van der Waals surface area contributed by atoms with Crippen molar-refractivity contribution in [3.05, 3.63) is 69.9 Å². The number of nitrogens with zero attached hydrogens (tertiary/aromatic N) is 1. The summed E-state index contributed by atoms with van der Waals surface area (Å²) in [6.07, 6.45) is 0. The number of aliphatic hydroxyl groups excluding tert-OH is 1. The van der Waals surface area contributed by atoms with Gasteiger partial charge in [-0.05, 0) is 39.2 Å². The fourth-order valence-corrected chi connectivity index (χ4v) is 2.52. The van der Waals surface area contributed by atoms with Crippen LogP contribution in [-0.2, 0) is 13.1 Å². The molecule has 0 aromatic heterocycles. The molecule has 0 bridgehead atoms. The highest BCUT2D eigenvalue weighted by molar-refractivity contribution is 9.10. The van der Waals surface area contributed by atoms with Crippen LogP contribution in [0.2, 0.25) is 0 Å². The van der Waals surface area contributed by atoms with Crippen molar-refractivity contribution in [2.75, 3.05) is 13.2 Å². The molecule has 1 N–H and O–H groups in total. The van der Waals surface area contributed by atoms with Gasteiger partial charge >= 0.3 is 0 Å². The fraction of sp³-hybridized carbons (Fsp3) is 0.250. The number of aliphatic hydroxyl groups is 1. The van der Waals surface area contributed by atoms with Crippen LogP contribution in [0.25, 0.3) is 0 Å². The summed E-state index contributed by atoms with van der Waals surface area (Å²) in [7, 11) is 0. The standard InChI is InChI=1S/C16H17BrFNO/c17-15-10-14(6-7-16(15)18)12-19(8-9-20)11-13-4-2-1-3-5-13/h1-7,10,20H,8-9,11-12H2. The Bertz CT molecular complexity index is 547. The fourth-order valence-electron chi connectivity index (χ4n) is 2.09. The normalized spacial score (nSPS) is 11.0. The molecule has 0 saturated carbocycles. The number of hydrogen-bond acceptors (Lipinski definition) is 2. The van der Waals surface area contributed by atoms with Gasteiger partial charge in [-0.25, -0.2) is 4.39 Å². The Morgan fingerprint density at radius 2 is 1.70 bits per heavy atom. The third kappa shape index (κ3) is 4.40. The van der Waals surface area contributed by atoms with Gasteiger partial charge in [0.25, 0.3) is 0 Å². The van der Waals surface area contributed by atoms with Crippen LogP contribution < -0.4 is 0 Å². The molecule has 2 aromatic rings. The number of benzene rings is 2. The molecule has 0 spiro atoms. The highest BCUT2D eigenvalue weighted by Gasteiger charge is 2.08. The average molecular weight is 338 g/mol. The second-order valence-corrected chi connectivity index (χ2v) is 5.52. The van der Waals surface area contributed by atoms with Gasteiger partial charge < -0.3 is 5.11 Å². The van der Waals surface area contributed by atoms with Crippen LogP contribution in [0, 0.1) is 5.82 Å². The topological polar surface area (TPSA) is 23.5 Å². The van der Waals surface area contributed by atoms with E-state index in [2.05, 4.69) is 33.0 Å². The molecule has 0 fully saturated rings. The van der Waals surface area contributed by atoms with Gasteiger partial charge in [-0.3, -0.25) is 4.90 Å². The first-order valence-electron chi connectivity index (χ1n) is 6.50. The lowest BCUT2D eigenvalue weighted by molar-refractivity contribution is 0.184. The molecule has 2 aromatic carbocycles. The first-order valence-corrected chi connectivity index (χ1v) is 7.29. The van der Waals surface area contributed by atoms with Crippen molar-refractivity contribution in [2.45, 2.75) is 13.1 Å². The molecule has 0 radical (unpaired) electrons. The van der Waals surface area contributed by atoms with Gasteiger partial charge in [0.05, 0.1) is 11.1 Å². The maximum absolute atomic E-state index is 13.2. The molecular formula is C16H17BrFNO. The summed E-state index contributed by atoms with van der Waals surface area (Å²) in [5, 5.41) is 9.18. The van der Waals surface area contributed by atoms with Crippen LogP contribution in [0.5, 0.6) is 0 Å². The third-order valence-electron chi connectivity index (χ3n) is 3.06. The predicted molar refractivity (Wildman–Crippen MR) is 81.7 cm³/mol. The quantitative estimate of drug-likeness (QED) is 0.870. The maximum atomic E-state index is 13.2. The summed E-state index contributed by atoms with van der Waals surface area (Å²) < 4.78 is 13.7. The maximum Gasteiger partial charge on any atom is 0.137 e. The van der Waals surface area contributed by atoms with Crippen LogP contribution in [0.1, 0.15) is 11.1 Å². The van der Waals surface area contributed by atoms with Gasteiger partial charge in [-0.2, -0.15) is 0 Å². The number of rotatable bonds is 6. The Morgan fingerprint density at radius 3 is 2.35 bits per heavy atom. The zero-order valence-corrected chi connectivity index (χ0v) is 12.7. The van der Waals surface area contributed by atoms with Gasteiger partial charge in [-0.1, -0.05) is 36.4 Å². The molecule has 0 aliphatic heterocycles. The van der Waals surface area contributed by atoms with Crippen molar-refractivity contribution in [3.63, 3.8) is 0 Å². The first-order chi connectivity index (χ1) is 9.69. The Hall–Kier alpha value is -1.23.